The minimum Gasteiger partial charge on any atom is -0.462 e. The second kappa shape index (κ2) is 5.49. The van der Waals surface area contributed by atoms with Gasteiger partial charge in [-0.05, 0) is 38.3 Å². The molecule has 0 aliphatic heterocycles. The Bertz CT molecular complexity index is 777. The van der Waals surface area contributed by atoms with Crippen molar-refractivity contribution in [3.8, 4) is 22.4 Å². The average molecular weight is 339 g/mol. The van der Waals surface area contributed by atoms with E-state index in [0.29, 0.717) is 17.4 Å². The van der Waals surface area contributed by atoms with Crippen LogP contribution in [0.2, 0.25) is 0 Å². The molecule has 0 atom stereocenters. The first-order chi connectivity index (χ1) is 10.2. The summed E-state index contributed by atoms with van der Waals surface area (Å²) >= 11 is 1.54. The summed E-state index contributed by atoms with van der Waals surface area (Å²) in [5, 5.41) is 4.83. The van der Waals surface area contributed by atoms with Gasteiger partial charge < -0.3 is 14.7 Å². The van der Waals surface area contributed by atoms with Crippen molar-refractivity contribution in [3.05, 3.63) is 29.1 Å². The van der Waals surface area contributed by atoms with Gasteiger partial charge in [0.1, 0.15) is 5.69 Å². The molecular weight excluding hydrogens is 324 g/mol. The van der Waals surface area contributed by atoms with E-state index in [1.807, 2.05) is 19.1 Å². The molecule has 0 unspecified atom stereocenters. The van der Waals surface area contributed by atoms with E-state index in [1.54, 1.807) is 6.26 Å². The molecule has 0 amide bonds. The second-order valence-electron chi connectivity index (χ2n) is 5.33. The standard InChI is InChI=1S/C14H14N4O2S.ClH/c1-8-10(16-12(21-8)9-4-2-7-19-9)11-17-13(18-20-11)14(15)5-3-6-14;/h2,4,7H,3,5-6,15H2,1H3;1H. The van der Waals surface area contributed by atoms with Crippen molar-refractivity contribution in [1.82, 2.24) is 15.1 Å². The van der Waals surface area contributed by atoms with Crippen LogP contribution in [0.3, 0.4) is 0 Å². The quantitative estimate of drug-likeness (QED) is 0.785. The molecule has 22 heavy (non-hydrogen) atoms. The summed E-state index contributed by atoms with van der Waals surface area (Å²) in [6.07, 6.45) is 4.55. The predicted octanol–water partition coefficient (Wildman–Crippen LogP) is 3.52. The highest BCUT2D eigenvalue weighted by atomic mass is 35.5. The van der Waals surface area contributed by atoms with Gasteiger partial charge in [0.15, 0.2) is 16.6 Å². The van der Waals surface area contributed by atoms with Crippen molar-refractivity contribution in [2.24, 2.45) is 5.73 Å². The maximum atomic E-state index is 6.22. The lowest BCUT2D eigenvalue weighted by molar-refractivity contribution is 0.229. The van der Waals surface area contributed by atoms with Crippen LogP contribution in [-0.4, -0.2) is 15.1 Å². The molecular formula is C14H15ClN4O2S. The van der Waals surface area contributed by atoms with Gasteiger partial charge in [-0.1, -0.05) is 5.16 Å². The van der Waals surface area contributed by atoms with Crippen molar-refractivity contribution >= 4 is 23.7 Å². The van der Waals surface area contributed by atoms with Gasteiger partial charge in [0.25, 0.3) is 5.89 Å². The van der Waals surface area contributed by atoms with Crippen LogP contribution >= 0.6 is 23.7 Å². The topological polar surface area (TPSA) is 91.0 Å². The number of hydrogen-bond acceptors (Lipinski definition) is 7. The lowest BCUT2D eigenvalue weighted by Crippen LogP contribution is -2.44. The van der Waals surface area contributed by atoms with Crippen molar-refractivity contribution in [2.75, 3.05) is 0 Å². The van der Waals surface area contributed by atoms with Gasteiger partial charge in [-0.15, -0.1) is 23.7 Å². The first-order valence-corrected chi connectivity index (χ1v) is 7.62. The molecule has 0 bridgehead atoms. The molecule has 116 valence electrons. The molecule has 1 aliphatic rings. The highest BCUT2D eigenvalue weighted by Crippen LogP contribution is 2.38. The molecule has 2 N–H and O–H groups in total. The number of thiazole rings is 1. The Labute approximate surface area is 137 Å². The number of halogens is 1. The number of furan rings is 1. The van der Waals surface area contributed by atoms with Gasteiger partial charge >= 0.3 is 0 Å². The zero-order valence-electron chi connectivity index (χ0n) is 11.9. The fraction of sp³-hybridized carbons (Fsp3) is 0.357. The molecule has 0 spiro atoms. The van der Waals surface area contributed by atoms with E-state index in [0.717, 1.165) is 34.9 Å². The monoisotopic (exact) mass is 338 g/mol. The molecule has 6 nitrogen and oxygen atoms in total. The Hall–Kier alpha value is -1.70. The number of hydrogen-bond donors (Lipinski definition) is 1. The van der Waals surface area contributed by atoms with Crippen molar-refractivity contribution < 1.29 is 8.94 Å². The van der Waals surface area contributed by atoms with Gasteiger partial charge in [0, 0.05) is 4.88 Å². The van der Waals surface area contributed by atoms with Crippen LogP contribution in [0.5, 0.6) is 0 Å². The van der Waals surface area contributed by atoms with Gasteiger partial charge in [-0.2, -0.15) is 4.98 Å². The maximum Gasteiger partial charge on any atom is 0.277 e. The molecule has 0 radical (unpaired) electrons. The molecule has 1 saturated carbocycles. The van der Waals surface area contributed by atoms with E-state index in [9.17, 15) is 0 Å². The first kappa shape index (κ1) is 15.2. The Morgan fingerprint density at radius 2 is 2.14 bits per heavy atom. The van der Waals surface area contributed by atoms with E-state index >= 15 is 0 Å². The van der Waals surface area contributed by atoms with Crippen molar-refractivity contribution in [3.63, 3.8) is 0 Å². The normalized spacial score (nSPS) is 16.1. The van der Waals surface area contributed by atoms with E-state index in [-0.39, 0.29) is 12.4 Å². The summed E-state index contributed by atoms with van der Waals surface area (Å²) in [7, 11) is 0. The largest absolute Gasteiger partial charge is 0.462 e. The third kappa shape index (κ3) is 2.35. The predicted molar refractivity (Wildman–Crippen MR) is 84.8 cm³/mol. The Morgan fingerprint density at radius 1 is 1.32 bits per heavy atom. The highest BCUT2D eigenvalue weighted by molar-refractivity contribution is 7.15. The minimum absolute atomic E-state index is 0. The lowest BCUT2D eigenvalue weighted by atomic mass is 9.77. The van der Waals surface area contributed by atoms with Gasteiger partial charge in [0.05, 0.1) is 11.8 Å². The Morgan fingerprint density at radius 3 is 2.77 bits per heavy atom. The highest BCUT2D eigenvalue weighted by Gasteiger charge is 2.39. The number of rotatable bonds is 3. The molecule has 4 rings (SSSR count). The minimum atomic E-state index is -0.421. The van der Waals surface area contributed by atoms with E-state index < -0.39 is 5.54 Å². The van der Waals surface area contributed by atoms with Crippen LogP contribution in [0.4, 0.5) is 0 Å². The zero-order chi connectivity index (χ0) is 14.4. The fourth-order valence-corrected chi connectivity index (χ4v) is 3.28. The molecule has 0 saturated heterocycles. The summed E-state index contributed by atoms with van der Waals surface area (Å²) in [5.74, 6) is 1.74. The zero-order valence-corrected chi connectivity index (χ0v) is 13.5. The van der Waals surface area contributed by atoms with Crippen LogP contribution < -0.4 is 5.73 Å². The first-order valence-electron chi connectivity index (χ1n) is 6.80. The lowest BCUT2D eigenvalue weighted by Gasteiger charge is -2.34. The van der Waals surface area contributed by atoms with Crippen LogP contribution in [0.15, 0.2) is 27.3 Å². The number of nitrogens with two attached hydrogens (primary N) is 1. The van der Waals surface area contributed by atoms with Crippen LogP contribution in [0.25, 0.3) is 22.4 Å². The van der Waals surface area contributed by atoms with Crippen molar-refractivity contribution in [1.29, 1.82) is 0 Å². The maximum absolute atomic E-state index is 6.22. The molecule has 1 aliphatic carbocycles. The summed E-state index contributed by atoms with van der Waals surface area (Å²) in [5.41, 5.74) is 6.50. The molecule has 3 aromatic heterocycles. The summed E-state index contributed by atoms with van der Waals surface area (Å²) in [6, 6.07) is 3.72. The molecule has 3 heterocycles. The fourth-order valence-electron chi connectivity index (χ4n) is 2.40. The number of aromatic nitrogens is 3. The Balaban J connectivity index is 0.00000144. The van der Waals surface area contributed by atoms with Crippen molar-refractivity contribution in [2.45, 2.75) is 31.7 Å². The Kier molecular flexibility index (Phi) is 3.80. The second-order valence-corrected chi connectivity index (χ2v) is 6.54. The van der Waals surface area contributed by atoms with Gasteiger partial charge in [0.2, 0.25) is 0 Å². The van der Waals surface area contributed by atoms with Crippen LogP contribution in [0, 0.1) is 6.92 Å². The van der Waals surface area contributed by atoms with Gasteiger partial charge in [-0.25, -0.2) is 4.98 Å². The average Bonchev–Trinajstić information content (AvgIpc) is 3.15. The summed E-state index contributed by atoms with van der Waals surface area (Å²) in [4.78, 5) is 10.0. The molecule has 1 fully saturated rings. The summed E-state index contributed by atoms with van der Waals surface area (Å²) < 4.78 is 10.7. The smallest absolute Gasteiger partial charge is 0.277 e. The third-order valence-corrected chi connectivity index (χ3v) is 4.83. The van der Waals surface area contributed by atoms with E-state index in [1.165, 1.54) is 11.3 Å². The van der Waals surface area contributed by atoms with Gasteiger partial charge in [-0.3, -0.25) is 0 Å². The molecule has 0 aromatic carbocycles. The third-order valence-electron chi connectivity index (χ3n) is 3.85. The number of aryl methyl sites for hydroxylation is 1. The van der Waals surface area contributed by atoms with E-state index in [4.69, 9.17) is 14.7 Å². The number of nitrogens with zero attached hydrogens (tertiary/aromatic N) is 3. The van der Waals surface area contributed by atoms with Crippen LogP contribution in [-0.2, 0) is 5.54 Å². The van der Waals surface area contributed by atoms with E-state index in [2.05, 4.69) is 15.1 Å². The molecule has 8 heteroatoms. The SMILES string of the molecule is Cc1sc(-c2ccco2)nc1-c1nc(C2(N)CCC2)no1.Cl. The summed E-state index contributed by atoms with van der Waals surface area (Å²) in [6.45, 7) is 1.98. The molecule has 3 aromatic rings. The van der Waals surface area contributed by atoms with Crippen LogP contribution in [0.1, 0.15) is 30.0 Å².